The number of para-hydroxylation sites is 1. The molecule has 2 rings (SSSR count). The van der Waals surface area contributed by atoms with Gasteiger partial charge in [-0.05, 0) is 55.0 Å². The molecule has 116 valence electrons. The summed E-state index contributed by atoms with van der Waals surface area (Å²) in [6, 6.07) is 10.0. The molecule has 0 saturated carbocycles. The minimum Gasteiger partial charge on any atom is -0.332 e. The van der Waals surface area contributed by atoms with Gasteiger partial charge in [0.15, 0.2) is 5.11 Å². The maximum absolute atomic E-state index is 12.5. The molecular weight excluding hydrogens is 333 g/mol. The van der Waals surface area contributed by atoms with Crippen molar-refractivity contribution in [3.05, 3.63) is 58.6 Å². The molecule has 0 aromatic heterocycles. The summed E-state index contributed by atoms with van der Waals surface area (Å²) in [5, 5.41) is 6.51. The fraction of sp³-hybridized carbons (Fsp3) is 0.133. The Hall–Kier alpha value is -1.79. The lowest BCUT2D eigenvalue weighted by Crippen LogP contribution is -2.20. The Balaban J connectivity index is 2.06. The summed E-state index contributed by atoms with van der Waals surface area (Å²) in [7, 11) is 0. The van der Waals surface area contributed by atoms with Crippen LogP contribution >= 0.6 is 23.8 Å². The Morgan fingerprint density at radius 3 is 2.23 bits per heavy atom. The number of benzene rings is 2. The summed E-state index contributed by atoms with van der Waals surface area (Å²) in [4.78, 5) is 0. The Kier molecular flexibility index (Phi) is 4.93. The van der Waals surface area contributed by atoms with Crippen LogP contribution in [-0.2, 0) is 6.18 Å². The lowest BCUT2D eigenvalue weighted by molar-refractivity contribution is -0.137. The number of aryl methyl sites for hydroxylation is 1. The van der Waals surface area contributed by atoms with Gasteiger partial charge in [0.1, 0.15) is 0 Å². The van der Waals surface area contributed by atoms with E-state index in [0.717, 1.165) is 17.7 Å². The topological polar surface area (TPSA) is 24.1 Å². The van der Waals surface area contributed by atoms with Crippen molar-refractivity contribution in [2.24, 2.45) is 0 Å². The SMILES string of the molecule is Cc1cccc(Cl)c1NC(=S)Nc1ccc(C(F)(F)F)cc1. The summed E-state index contributed by atoms with van der Waals surface area (Å²) >= 11 is 11.2. The van der Waals surface area contributed by atoms with E-state index in [1.54, 1.807) is 6.07 Å². The van der Waals surface area contributed by atoms with Crippen LogP contribution in [0.25, 0.3) is 0 Å². The van der Waals surface area contributed by atoms with Crippen molar-refractivity contribution >= 4 is 40.3 Å². The minimum absolute atomic E-state index is 0.246. The van der Waals surface area contributed by atoms with Crippen LogP contribution in [-0.4, -0.2) is 5.11 Å². The van der Waals surface area contributed by atoms with Crippen molar-refractivity contribution in [2.75, 3.05) is 10.6 Å². The van der Waals surface area contributed by atoms with E-state index in [1.165, 1.54) is 12.1 Å². The smallest absolute Gasteiger partial charge is 0.332 e. The molecule has 2 nitrogen and oxygen atoms in total. The Labute approximate surface area is 136 Å². The maximum atomic E-state index is 12.5. The third kappa shape index (κ3) is 4.11. The fourth-order valence-corrected chi connectivity index (χ4v) is 2.30. The first-order valence-electron chi connectivity index (χ1n) is 6.28. The van der Waals surface area contributed by atoms with Gasteiger partial charge >= 0.3 is 6.18 Å². The second-order valence-electron chi connectivity index (χ2n) is 4.59. The zero-order valence-electron chi connectivity index (χ0n) is 11.5. The van der Waals surface area contributed by atoms with E-state index < -0.39 is 11.7 Å². The summed E-state index contributed by atoms with van der Waals surface area (Å²) < 4.78 is 37.5. The van der Waals surface area contributed by atoms with Crippen molar-refractivity contribution in [3.63, 3.8) is 0 Å². The first-order valence-corrected chi connectivity index (χ1v) is 7.06. The number of anilines is 2. The highest BCUT2D eigenvalue weighted by Crippen LogP contribution is 2.30. The van der Waals surface area contributed by atoms with Crippen molar-refractivity contribution in [1.29, 1.82) is 0 Å². The molecule has 7 heteroatoms. The highest BCUT2D eigenvalue weighted by atomic mass is 35.5. The van der Waals surface area contributed by atoms with E-state index >= 15 is 0 Å². The first-order chi connectivity index (χ1) is 10.3. The van der Waals surface area contributed by atoms with Gasteiger partial charge in [-0.3, -0.25) is 0 Å². The van der Waals surface area contributed by atoms with E-state index in [-0.39, 0.29) is 5.11 Å². The molecule has 0 heterocycles. The first kappa shape index (κ1) is 16.6. The van der Waals surface area contributed by atoms with Gasteiger partial charge in [-0.1, -0.05) is 23.7 Å². The number of hydrogen-bond donors (Lipinski definition) is 2. The molecule has 0 spiro atoms. The molecule has 0 radical (unpaired) electrons. The lowest BCUT2D eigenvalue weighted by atomic mass is 10.2. The predicted octanol–water partition coefficient (Wildman–Crippen LogP) is 5.48. The van der Waals surface area contributed by atoms with Gasteiger partial charge in [-0.15, -0.1) is 0 Å². The standard InChI is InChI=1S/C15H12ClF3N2S/c1-9-3-2-4-12(16)13(9)21-14(22)20-11-7-5-10(6-8-11)15(17,18)19/h2-8H,1H3,(H2,20,21,22). The average Bonchev–Trinajstić information content (AvgIpc) is 2.43. The summed E-state index contributed by atoms with van der Waals surface area (Å²) in [6.45, 7) is 1.87. The van der Waals surface area contributed by atoms with E-state index in [4.69, 9.17) is 23.8 Å². The summed E-state index contributed by atoms with van der Waals surface area (Å²) in [5.41, 5.74) is 1.31. The molecule has 0 amide bonds. The zero-order chi connectivity index (χ0) is 16.3. The van der Waals surface area contributed by atoms with Gasteiger partial charge in [-0.25, -0.2) is 0 Å². The fourth-order valence-electron chi connectivity index (χ4n) is 1.81. The zero-order valence-corrected chi connectivity index (χ0v) is 13.0. The van der Waals surface area contributed by atoms with Crippen LogP contribution in [0.1, 0.15) is 11.1 Å². The molecule has 2 N–H and O–H groups in total. The molecule has 0 aliphatic carbocycles. The largest absolute Gasteiger partial charge is 0.416 e. The number of halogens is 4. The van der Waals surface area contributed by atoms with Crippen molar-refractivity contribution in [1.82, 2.24) is 0 Å². The van der Waals surface area contributed by atoms with Crippen LogP contribution in [0.5, 0.6) is 0 Å². The van der Waals surface area contributed by atoms with Gasteiger partial charge in [0.05, 0.1) is 16.3 Å². The highest BCUT2D eigenvalue weighted by molar-refractivity contribution is 7.80. The molecule has 0 fully saturated rings. The van der Waals surface area contributed by atoms with Crippen LogP contribution in [0.2, 0.25) is 5.02 Å². The Bertz CT molecular complexity index is 664. The van der Waals surface area contributed by atoms with Gasteiger partial charge in [0.25, 0.3) is 0 Å². The molecule has 22 heavy (non-hydrogen) atoms. The third-order valence-corrected chi connectivity index (χ3v) is 3.45. The van der Waals surface area contributed by atoms with Crippen LogP contribution in [0.15, 0.2) is 42.5 Å². The van der Waals surface area contributed by atoms with Gasteiger partial charge < -0.3 is 10.6 Å². The maximum Gasteiger partial charge on any atom is 0.416 e. The molecule has 2 aromatic carbocycles. The number of thiocarbonyl (C=S) groups is 1. The minimum atomic E-state index is -4.36. The van der Waals surface area contributed by atoms with E-state index in [0.29, 0.717) is 16.4 Å². The molecule has 0 unspecified atom stereocenters. The van der Waals surface area contributed by atoms with E-state index in [2.05, 4.69) is 10.6 Å². The average molecular weight is 345 g/mol. The second-order valence-corrected chi connectivity index (χ2v) is 5.40. The Morgan fingerprint density at radius 2 is 1.68 bits per heavy atom. The molecule has 0 saturated heterocycles. The number of nitrogens with one attached hydrogen (secondary N) is 2. The summed E-state index contributed by atoms with van der Waals surface area (Å²) in [6.07, 6.45) is -4.36. The Morgan fingerprint density at radius 1 is 1.05 bits per heavy atom. The van der Waals surface area contributed by atoms with Gasteiger partial charge in [0, 0.05) is 5.69 Å². The quantitative estimate of drug-likeness (QED) is 0.706. The molecule has 0 bridgehead atoms. The molecule has 0 atom stereocenters. The third-order valence-electron chi connectivity index (χ3n) is 2.93. The number of alkyl halides is 3. The summed E-state index contributed by atoms with van der Waals surface area (Å²) in [5.74, 6) is 0. The van der Waals surface area contributed by atoms with E-state index in [1.807, 2.05) is 19.1 Å². The molecular formula is C15H12ClF3N2S. The van der Waals surface area contributed by atoms with Crippen LogP contribution in [0, 0.1) is 6.92 Å². The normalized spacial score (nSPS) is 11.1. The molecule has 2 aromatic rings. The lowest BCUT2D eigenvalue weighted by Gasteiger charge is -2.14. The second kappa shape index (κ2) is 6.54. The van der Waals surface area contributed by atoms with Crippen molar-refractivity contribution in [2.45, 2.75) is 13.1 Å². The van der Waals surface area contributed by atoms with Gasteiger partial charge in [-0.2, -0.15) is 13.2 Å². The van der Waals surface area contributed by atoms with E-state index in [9.17, 15) is 13.2 Å². The number of hydrogen-bond acceptors (Lipinski definition) is 1. The van der Waals surface area contributed by atoms with Crippen LogP contribution in [0.4, 0.5) is 24.5 Å². The molecule has 0 aliphatic rings. The highest BCUT2D eigenvalue weighted by Gasteiger charge is 2.29. The van der Waals surface area contributed by atoms with Gasteiger partial charge in [0.2, 0.25) is 0 Å². The predicted molar refractivity (Wildman–Crippen MR) is 87.5 cm³/mol. The van der Waals surface area contributed by atoms with Crippen LogP contribution in [0.3, 0.4) is 0 Å². The molecule has 0 aliphatic heterocycles. The monoisotopic (exact) mass is 344 g/mol. The number of rotatable bonds is 2. The van der Waals surface area contributed by atoms with Crippen molar-refractivity contribution < 1.29 is 13.2 Å². The van der Waals surface area contributed by atoms with Crippen molar-refractivity contribution in [3.8, 4) is 0 Å². The van der Waals surface area contributed by atoms with Crippen LogP contribution < -0.4 is 10.6 Å².